The van der Waals surface area contributed by atoms with E-state index in [0.29, 0.717) is 0 Å². The van der Waals surface area contributed by atoms with Crippen molar-refractivity contribution in [3.63, 3.8) is 0 Å². The Morgan fingerprint density at radius 2 is 1.72 bits per heavy atom. The highest BCUT2D eigenvalue weighted by Gasteiger charge is 2.13. The summed E-state index contributed by atoms with van der Waals surface area (Å²) in [5.41, 5.74) is 2.90. The summed E-state index contributed by atoms with van der Waals surface area (Å²) >= 11 is 0. The Kier molecular flexibility index (Phi) is 6.16. The molecular weight excluding hydrogens is 250 g/mol. The number of carbonyl (C=O) groups is 1. The second kappa shape index (κ2) is 7.39. The molecule has 18 heavy (non-hydrogen) atoms. The summed E-state index contributed by atoms with van der Waals surface area (Å²) in [5.74, 6) is -0.692. The number of halogens is 1. The Labute approximate surface area is 114 Å². The largest absolute Gasteiger partial charge is 0.481 e. The van der Waals surface area contributed by atoms with Crippen LogP contribution in [0.4, 0.5) is 0 Å². The van der Waals surface area contributed by atoms with Gasteiger partial charge >= 0.3 is 5.97 Å². The van der Waals surface area contributed by atoms with Gasteiger partial charge in [-0.15, -0.1) is 12.4 Å². The molecule has 0 amide bonds. The van der Waals surface area contributed by atoms with Crippen molar-refractivity contribution >= 4 is 18.4 Å². The van der Waals surface area contributed by atoms with Gasteiger partial charge in [0.15, 0.2) is 0 Å². The van der Waals surface area contributed by atoms with Gasteiger partial charge in [-0.2, -0.15) is 0 Å². The highest BCUT2D eigenvalue weighted by molar-refractivity contribution is 5.85. The molecule has 1 aromatic rings. The molecule has 1 N–H and O–H groups in total. The average Bonchev–Trinajstić information content (AvgIpc) is 2.52. The lowest BCUT2D eigenvalue weighted by atomic mass is 10.0. The Bertz CT molecular complexity index is 368. The molecule has 0 aromatic heterocycles. The van der Waals surface area contributed by atoms with E-state index in [-0.39, 0.29) is 18.8 Å². The molecule has 0 saturated heterocycles. The van der Waals surface area contributed by atoms with Crippen molar-refractivity contribution in [1.82, 2.24) is 4.90 Å². The molecule has 1 aliphatic rings. The topological polar surface area (TPSA) is 40.5 Å². The molecule has 0 atom stereocenters. The molecule has 0 aliphatic carbocycles. The third kappa shape index (κ3) is 4.31. The first kappa shape index (κ1) is 15.0. The third-order valence-electron chi connectivity index (χ3n) is 3.38. The molecule has 0 fully saturated rings. The van der Waals surface area contributed by atoms with Gasteiger partial charge in [0.25, 0.3) is 0 Å². The maximum Gasteiger partial charge on any atom is 0.303 e. The lowest BCUT2D eigenvalue weighted by Crippen LogP contribution is -2.27. The minimum atomic E-state index is -0.692. The number of carboxylic acid groups (broad SMARTS) is 1. The van der Waals surface area contributed by atoms with E-state index in [1.54, 1.807) is 0 Å². The van der Waals surface area contributed by atoms with Gasteiger partial charge < -0.3 is 10.0 Å². The zero-order chi connectivity index (χ0) is 12.1. The quantitative estimate of drug-likeness (QED) is 0.912. The molecule has 1 aliphatic heterocycles. The molecule has 2 rings (SSSR count). The first-order valence-corrected chi connectivity index (χ1v) is 6.26. The number of fused-ring (bicyclic) bond motifs is 1. The van der Waals surface area contributed by atoms with E-state index in [2.05, 4.69) is 29.2 Å². The smallest absolute Gasteiger partial charge is 0.303 e. The van der Waals surface area contributed by atoms with Gasteiger partial charge in [0.05, 0.1) is 0 Å². The second-order valence-electron chi connectivity index (χ2n) is 4.61. The molecule has 100 valence electrons. The van der Waals surface area contributed by atoms with Crippen molar-refractivity contribution in [1.29, 1.82) is 0 Å². The van der Waals surface area contributed by atoms with Crippen LogP contribution < -0.4 is 0 Å². The van der Waals surface area contributed by atoms with E-state index in [0.717, 1.165) is 38.9 Å². The van der Waals surface area contributed by atoms with Crippen LogP contribution >= 0.6 is 12.4 Å². The van der Waals surface area contributed by atoms with Crippen molar-refractivity contribution in [3.05, 3.63) is 35.4 Å². The van der Waals surface area contributed by atoms with Gasteiger partial charge in [0, 0.05) is 19.5 Å². The van der Waals surface area contributed by atoms with Crippen molar-refractivity contribution in [3.8, 4) is 0 Å². The van der Waals surface area contributed by atoms with Crippen LogP contribution in [0.1, 0.15) is 24.0 Å². The molecule has 0 spiro atoms. The molecule has 0 saturated carbocycles. The molecule has 1 aromatic carbocycles. The van der Waals surface area contributed by atoms with Gasteiger partial charge in [-0.05, 0) is 36.9 Å². The van der Waals surface area contributed by atoms with Crippen LogP contribution in [-0.2, 0) is 17.6 Å². The minimum Gasteiger partial charge on any atom is -0.481 e. The summed E-state index contributed by atoms with van der Waals surface area (Å²) < 4.78 is 0. The van der Waals surface area contributed by atoms with Gasteiger partial charge in [-0.3, -0.25) is 4.79 Å². The fourth-order valence-electron chi connectivity index (χ4n) is 2.39. The summed E-state index contributed by atoms with van der Waals surface area (Å²) in [5, 5.41) is 8.62. The predicted octanol–water partition coefficient (Wildman–Crippen LogP) is 2.37. The van der Waals surface area contributed by atoms with Crippen LogP contribution in [0.3, 0.4) is 0 Å². The first-order chi connectivity index (χ1) is 8.25. The zero-order valence-corrected chi connectivity index (χ0v) is 11.3. The maximum absolute atomic E-state index is 10.5. The van der Waals surface area contributed by atoms with Gasteiger partial charge in [0.1, 0.15) is 0 Å². The monoisotopic (exact) mass is 269 g/mol. The van der Waals surface area contributed by atoms with E-state index in [1.165, 1.54) is 11.1 Å². The first-order valence-electron chi connectivity index (χ1n) is 6.26. The van der Waals surface area contributed by atoms with Crippen molar-refractivity contribution < 1.29 is 9.90 Å². The Hall–Kier alpha value is -1.06. The standard InChI is InChI=1S/C14H19NO2.ClH/c16-14(17)6-3-9-15-10-7-12-4-1-2-5-13(12)8-11-15;/h1-2,4-5H,3,6-11H2,(H,16,17);1H. The number of carboxylic acids is 1. The van der Waals surface area contributed by atoms with E-state index in [4.69, 9.17) is 5.11 Å². The molecule has 0 unspecified atom stereocenters. The molecule has 0 radical (unpaired) electrons. The van der Waals surface area contributed by atoms with E-state index < -0.39 is 5.97 Å². The summed E-state index contributed by atoms with van der Waals surface area (Å²) in [6, 6.07) is 8.60. The van der Waals surface area contributed by atoms with E-state index in [9.17, 15) is 4.79 Å². The maximum atomic E-state index is 10.5. The zero-order valence-electron chi connectivity index (χ0n) is 10.5. The number of rotatable bonds is 4. The van der Waals surface area contributed by atoms with Crippen LogP contribution in [0.25, 0.3) is 0 Å². The highest BCUT2D eigenvalue weighted by Crippen LogP contribution is 2.15. The van der Waals surface area contributed by atoms with Crippen LogP contribution in [0, 0.1) is 0 Å². The molecular formula is C14H20ClNO2. The fraction of sp³-hybridized carbons (Fsp3) is 0.500. The van der Waals surface area contributed by atoms with Crippen LogP contribution in [-0.4, -0.2) is 35.6 Å². The number of hydrogen-bond donors (Lipinski definition) is 1. The van der Waals surface area contributed by atoms with E-state index in [1.807, 2.05) is 0 Å². The molecule has 1 heterocycles. The number of hydrogen-bond acceptors (Lipinski definition) is 2. The number of benzene rings is 1. The fourth-order valence-corrected chi connectivity index (χ4v) is 2.39. The number of nitrogens with zero attached hydrogens (tertiary/aromatic N) is 1. The summed E-state index contributed by atoms with van der Waals surface area (Å²) in [7, 11) is 0. The highest BCUT2D eigenvalue weighted by atomic mass is 35.5. The predicted molar refractivity (Wildman–Crippen MR) is 74.4 cm³/mol. The van der Waals surface area contributed by atoms with Crippen molar-refractivity contribution in [2.24, 2.45) is 0 Å². The molecule has 3 nitrogen and oxygen atoms in total. The third-order valence-corrected chi connectivity index (χ3v) is 3.38. The van der Waals surface area contributed by atoms with Gasteiger partial charge in [-0.25, -0.2) is 0 Å². The summed E-state index contributed by atoms with van der Waals surface area (Å²) in [6.45, 7) is 3.01. The van der Waals surface area contributed by atoms with Crippen LogP contribution in [0.2, 0.25) is 0 Å². The van der Waals surface area contributed by atoms with E-state index >= 15 is 0 Å². The lowest BCUT2D eigenvalue weighted by molar-refractivity contribution is -0.137. The molecule has 4 heteroatoms. The normalized spacial score (nSPS) is 15.3. The Balaban J connectivity index is 0.00000162. The second-order valence-corrected chi connectivity index (χ2v) is 4.61. The van der Waals surface area contributed by atoms with Crippen LogP contribution in [0.5, 0.6) is 0 Å². The van der Waals surface area contributed by atoms with Crippen LogP contribution in [0.15, 0.2) is 24.3 Å². The minimum absolute atomic E-state index is 0. The summed E-state index contributed by atoms with van der Waals surface area (Å²) in [6.07, 6.45) is 3.21. The van der Waals surface area contributed by atoms with Gasteiger partial charge in [0.2, 0.25) is 0 Å². The number of aliphatic carboxylic acids is 1. The summed E-state index contributed by atoms with van der Waals surface area (Å²) in [4.78, 5) is 12.8. The molecule has 0 bridgehead atoms. The lowest BCUT2D eigenvalue weighted by Gasteiger charge is -2.18. The van der Waals surface area contributed by atoms with Crippen molar-refractivity contribution in [2.75, 3.05) is 19.6 Å². The SMILES string of the molecule is Cl.O=C(O)CCCN1CCc2ccccc2CC1. The average molecular weight is 270 g/mol. The Morgan fingerprint density at radius 3 is 2.22 bits per heavy atom. The van der Waals surface area contributed by atoms with Gasteiger partial charge in [-0.1, -0.05) is 24.3 Å². The Morgan fingerprint density at radius 1 is 1.17 bits per heavy atom. The van der Waals surface area contributed by atoms with Crippen molar-refractivity contribution in [2.45, 2.75) is 25.7 Å².